The summed E-state index contributed by atoms with van der Waals surface area (Å²) in [5.74, 6) is 0.777. The molecule has 1 saturated heterocycles. The summed E-state index contributed by atoms with van der Waals surface area (Å²) in [6.07, 6.45) is 4.17. The number of anilines is 1. The van der Waals surface area contributed by atoms with Crippen LogP contribution in [0.1, 0.15) is 29.9 Å². The van der Waals surface area contributed by atoms with Gasteiger partial charge < -0.3 is 10.2 Å². The lowest BCUT2D eigenvalue weighted by atomic mass is 10.1. The Labute approximate surface area is 172 Å². The van der Waals surface area contributed by atoms with Gasteiger partial charge in [0.25, 0.3) is 0 Å². The molecule has 1 fully saturated rings. The Morgan fingerprint density at radius 2 is 2.11 bits per heavy atom. The van der Waals surface area contributed by atoms with Crippen LogP contribution in [0.25, 0.3) is 0 Å². The Morgan fingerprint density at radius 1 is 1.25 bits per heavy atom. The van der Waals surface area contributed by atoms with E-state index in [1.807, 2.05) is 42.5 Å². The van der Waals surface area contributed by atoms with Crippen LogP contribution in [-0.4, -0.2) is 32.8 Å². The zero-order valence-electron chi connectivity index (χ0n) is 15.2. The van der Waals surface area contributed by atoms with Crippen LogP contribution in [0.15, 0.2) is 48.7 Å². The van der Waals surface area contributed by atoms with Gasteiger partial charge in [-0.1, -0.05) is 29.8 Å². The van der Waals surface area contributed by atoms with Gasteiger partial charge in [-0.05, 0) is 42.7 Å². The Bertz CT molecular complexity index is 931. The lowest BCUT2D eigenvalue weighted by Crippen LogP contribution is -2.43. The number of hydrogen-bond acceptors (Lipinski definition) is 6. The van der Waals surface area contributed by atoms with Gasteiger partial charge in [0.1, 0.15) is 11.9 Å². The molecule has 6 nitrogen and oxygen atoms in total. The van der Waals surface area contributed by atoms with Gasteiger partial charge in [-0.3, -0.25) is 9.78 Å². The van der Waals surface area contributed by atoms with Crippen LogP contribution in [0.2, 0.25) is 5.02 Å². The van der Waals surface area contributed by atoms with E-state index in [4.69, 9.17) is 11.6 Å². The van der Waals surface area contributed by atoms with Crippen LogP contribution < -0.4 is 10.2 Å². The monoisotopic (exact) mass is 413 g/mol. The highest BCUT2D eigenvalue weighted by Gasteiger charge is 2.32. The number of benzene rings is 1. The highest BCUT2D eigenvalue weighted by Crippen LogP contribution is 2.28. The summed E-state index contributed by atoms with van der Waals surface area (Å²) in [6.45, 7) is 1.25. The fourth-order valence-electron chi connectivity index (χ4n) is 3.28. The first-order valence-electron chi connectivity index (χ1n) is 9.20. The van der Waals surface area contributed by atoms with Gasteiger partial charge in [-0.25, -0.2) is 4.98 Å². The molecular weight excluding hydrogens is 394 g/mol. The van der Waals surface area contributed by atoms with Crippen molar-refractivity contribution in [3.05, 3.63) is 70.8 Å². The number of hydrogen-bond donors (Lipinski definition) is 1. The van der Waals surface area contributed by atoms with Crippen molar-refractivity contribution >= 4 is 34.2 Å². The van der Waals surface area contributed by atoms with Crippen molar-refractivity contribution in [3.63, 3.8) is 0 Å². The van der Waals surface area contributed by atoms with Crippen LogP contribution in [0.4, 0.5) is 5.13 Å². The number of amides is 1. The molecule has 1 aliphatic rings. The molecule has 0 bridgehead atoms. The highest BCUT2D eigenvalue weighted by atomic mass is 35.5. The summed E-state index contributed by atoms with van der Waals surface area (Å²) in [6, 6.07) is 13.2. The van der Waals surface area contributed by atoms with Crippen molar-refractivity contribution in [3.8, 4) is 0 Å². The molecule has 0 spiro atoms. The second-order valence-electron chi connectivity index (χ2n) is 6.69. The third-order valence-corrected chi connectivity index (χ3v) is 5.75. The second-order valence-corrected chi connectivity index (χ2v) is 7.85. The number of nitrogens with one attached hydrogen (secondary N) is 1. The minimum Gasteiger partial charge on any atom is -0.349 e. The Morgan fingerprint density at radius 3 is 2.89 bits per heavy atom. The topological polar surface area (TPSA) is 71.0 Å². The van der Waals surface area contributed by atoms with Crippen molar-refractivity contribution in [2.24, 2.45) is 0 Å². The predicted molar refractivity (Wildman–Crippen MR) is 111 cm³/mol. The summed E-state index contributed by atoms with van der Waals surface area (Å²) in [4.78, 5) is 23.7. The normalized spacial score (nSPS) is 16.3. The van der Waals surface area contributed by atoms with Crippen molar-refractivity contribution in [2.75, 3.05) is 11.4 Å². The maximum atomic E-state index is 12.7. The van der Waals surface area contributed by atoms with E-state index in [-0.39, 0.29) is 11.9 Å². The lowest BCUT2D eigenvalue weighted by molar-refractivity contribution is -0.122. The fraction of sp³-hybridized carbons (Fsp3) is 0.300. The number of carbonyl (C=O) groups is 1. The third-order valence-electron chi connectivity index (χ3n) is 4.70. The first-order chi connectivity index (χ1) is 13.7. The minimum atomic E-state index is -0.208. The van der Waals surface area contributed by atoms with Gasteiger partial charge in [0, 0.05) is 35.7 Å². The van der Waals surface area contributed by atoms with E-state index in [1.54, 1.807) is 6.20 Å². The molecule has 0 radical (unpaired) electrons. The average Bonchev–Trinajstić information content (AvgIpc) is 3.38. The molecule has 1 aliphatic heterocycles. The Balaban J connectivity index is 1.39. The Hall–Kier alpha value is -2.51. The molecule has 0 aliphatic carbocycles. The third kappa shape index (κ3) is 4.48. The predicted octanol–water partition coefficient (Wildman–Crippen LogP) is 3.46. The fourth-order valence-corrected chi connectivity index (χ4v) is 4.17. The van der Waals surface area contributed by atoms with Crippen molar-refractivity contribution in [2.45, 2.75) is 31.8 Å². The first-order valence-corrected chi connectivity index (χ1v) is 10.4. The molecule has 3 aromatic rings. The standard InChI is InChI=1S/C20H20ClN5OS/c21-15-8-6-14(7-9-15)12-18-24-20(28-25-18)26-11-3-5-17(26)19(27)23-13-16-4-1-2-10-22-16/h1-2,4,6-10,17H,3,5,11-13H2,(H,23,27). The molecular formula is C20H20ClN5OS. The molecule has 8 heteroatoms. The second kappa shape index (κ2) is 8.67. The summed E-state index contributed by atoms with van der Waals surface area (Å²) >= 11 is 7.29. The van der Waals surface area contributed by atoms with Crippen LogP contribution in [0, 0.1) is 0 Å². The number of aromatic nitrogens is 3. The van der Waals surface area contributed by atoms with E-state index in [2.05, 4.69) is 24.6 Å². The van der Waals surface area contributed by atoms with Crippen molar-refractivity contribution < 1.29 is 4.79 Å². The molecule has 0 saturated carbocycles. The number of rotatable bonds is 6. The van der Waals surface area contributed by atoms with Crippen molar-refractivity contribution in [1.82, 2.24) is 19.7 Å². The summed E-state index contributed by atoms with van der Waals surface area (Å²) in [7, 11) is 0. The smallest absolute Gasteiger partial charge is 0.243 e. The van der Waals surface area contributed by atoms with E-state index in [0.717, 1.165) is 41.6 Å². The number of carbonyl (C=O) groups excluding carboxylic acids is 1. The maximum Gasteiger partial charge on any atom is 0.243 e. The van der Waals surface area contributed by atoms with Gasteiger partial charge in [0.15, 0.2) is 0 Å². The van der Waals surface area contributed by atoms with E-state index in [1.165, 1.54) is 11.5 Å². The number of halogens is 1. The zero-order chi connectivity index (χ0) is 19.3. The Kier molecular flexibility index (Phi) is 5.83. The van der Waals surface area contributed by atoms with E-state index in [9.17, 15) is 4.79 Å². The molecule has 144 valence electrons. The minimum absolute atomic E-state index is 0.0117. The molecule has 1 aromatic carbocycles. The lowest BCUT2D eigenvalue weighted by Gasteiger charge is -2.22. The molecule has 2 aromatic heterocycles. The number of pyridine rings is 1. The molecule has 28 heavy (non-hydrogen) atoms. The van der Waals surface area contributed by atoms with Gasteiger partial charge in [-0.2, -0.15) is 4.37 Å². The molecule has 3 heterocycles. The summed E-state index contributed by atoms with van der Waals surface area (Å²) in [5.41, 5.74) is 1.96. The van der Waals surface area contributed by atoms with E-state index in [0.29, 0.717) is 18.0 Å². The number of nitrogens with zero attached hydrogens (tertiary/aromatic N) is 4. The molecule has 1 atom stereocenters. The van der Waals surface area contributed by atoms with Crippen LogP contribution in [-0.2, 0) is 17.8 Å². The molecule has 1 unspecified atom stereocenters. The first kappa shape index (κ1) is 18.8. The summed E-state index contributed by atoms with van der Waals surface area (Å²) < 4.78 is 4.48. The average molecular weight is 414 g/mol. The van der Waals surface area contributed by atoms with E-state index < -0.39 is 0 Å². The SMILES string of the molecule is O=C(NCc1ccccn1)C1CCCN1c1nc(Cc2ccc(Cl)cc2)ns1. The molecule has 1 amide bonds. The van der Waals surface area contributed by atoms with Gasteiger partial charge in [0.2, 0.25) is 11.0 Å². The summed E-state index contributed by atoms with van der Waals surface area (Å²) in [5, 5.41) is 4.51. The van der Waals surface area contributed by atoms with Crippen LogP contribution in [0.5, 0.6) is 0 Å². The zero-order valence-corrected chi connectivity index (χ0v) is 16.8. The van der Waals surface area contributed by atoms with Gasteiger partial charge >= 0.3 is 0 Å². The van der Waals surface area contributed by atoms with Gasteiger partial charge in [-0.15, -0.1) is 0 Å². The van der Waals surface area contributed by atoms with Crippen molar-refractivity contribution in [1.29, 1.82) is 0 Å². The quantitative estimate of drug-likeness (QED) is 0.670. The van der Waals surface area contributed by atoms with Gasteiger partial charge in [0.05, 0.1) is 12.2 Å². The van der Waals surface area contributed by atoms with Crippen LogP contribution >= 0.6 is 23.1 Å². The highest BCUT2D eigenvalue weighted by molar-refractivity contribution is 7.09. The molecule has 1 N–H and O–H groups in total. The maximum absolute atomic E-state index is 12.7. The van der Waals surface area contributed by atoms with E-state index >= 15 is 0 Å². The largest absolute Gasteiger partial charge is 0.349 e. The molecule has 4 rings (SSSR count). The van der Waals surface area contributed by atoms with Crippen LogP contribution in [0.3, 0.4) is 0 Å².